The van der Waals surface area contributed by atoms with Gasteiger partial charge in [-0.25, -0.2) is 0 Å². The molecule has 0 aromatic heterocycles. The van der Waals surface area contributed by atoms with Crippen LogP contribution in [0, 0.1) is 0 Å². The first-order chi connectivity index (χ1) is 6.99. The van der Waals surface area contributed by atoms with Crippen molar-refractivity contribution in [2.75, 3.05) is 19.8 Å². The van der Waals surface area contributed by atoms with Crippen LogP contribution < -0.4 is 16.5 Å². The number of nitrogens with one attached hydrogen (secondary N) is 1. The normalized spacial score (nSPS) is 20.5. The van der Waals surface area contributed by atoms with E-state index < -0.39 is 0 Å². The zero-order valence-corrected chi connectivity index (χ0v) is 9.32. The summed E-state index contributed by atoms with van der Waals surface area (Å²) < 4.78 is 10.7. The monoisotopic (exact) mass is 214 g/mol. The molecule has 0 unspecified atom stereocenters. The highest BCUT2D eigenvalue weighted by Gasteiger charge is 2.26. The van der Waals surface area contributed by atoms with Gasteiger partial charge in [-0.05, 0) is 13.8 Å². The summed E-state index contributed by atoms with van der Waals surface area (Å²) in [7, 11) is 0. The van der Waals surface area contributed by atoms with Crippen LogP contribution in [0.4, 0.5) is 0 Å². The smallest absolute Gasteiger partial charge is 0.264 e. The Hall–Kier alpha value is -1.07. The molecular formula is C10H20N3O2+. The highest BCUT2D eigenvalue weighted by Crippen LogP contribution is 2.14. The van der Waals surface area contributed by atoms with Crippen LogP contribution in [0.3, 0.4) is 0 Å². The fourth-order valence-corrected chi connectivity index (χ4v) is 0.994. The minimum atomic E-state index is -0.223. The first-order valence-corrected chi connectivity index (χ1v) is 5.03. The van der Waals surface area contributed by atoms with Gasteiger partial charge in [0.05, 0.1) is 18.8 Å². The Morgan fingerprint density at radius 1 is 1.73 bits per heavy atom. The van der Waals surface area contributed by atoms with Crippen molar-refractivity contribution in [1.82, 2.24) is 5.32 Å². The Bertz CT molecular complexity index is 247. The number of epoxide rings is 1. The van der Waals surface area contributed by atoms with E-state index in [-0.39, 0.29) is 11.4 Å². The maximum absolute atomic E-state index is 5.67. The van der Waals surface area contributed by atoms with E-state index in [4.69, 9.17) is 20.6 Å². The highest BCUT2D eigenvalue weighted by atomic mass is 16.6. The summed E-state index contributed by atoms with van der Waals surface area (Å²) in [5.74, 6) is 0.285. The van der Waals surface area contributed by atoms with Crippen LogP contribution in [0.5, 0.6) is 0 Å². The second-order valence-electron chi connectivity index (χ2n) is 4.24. The number of hydrogen-bond donors (Lipinski definition) is 3. The van der Waals surface area contributed by atoms with Gasteiger partial charge in [0, 0.05) is 18.8 Å². The third kappa shape index (κ3) is 6.09. The van der Waals surface area contributed by atoms with Gasteiger partial charge in [-0.3, -0.25) is 11.1 Å². The molecule has 0 amide bonds. The molecule has 5 N–H and O–H groups in total. The summed E-state index contributed by atoms with van der Waals surface area (Å²) in [6.07, 6.45) is 3.63. The Labute approximate surface area is 90.1 Å². The van der Waals surface area contributed by atoms with Gasteiger partial charge < -0.3 is 14.8 Å². The third-order valence-corrected chi connectivity index (χ3v) is 1.98. The van der Waals surface area contributed by atoms with Gasteiger partial charge in [0.25, 0.3) is 5.84 Å². The summed E-state index contributed by atoms with van der Waals surface area (Å²) in [5, 5.41) is 8.34. The van der Waals surface area contributed by atoms with E-state index in [1.54, 1.807) is 12.3 Å². The number of nitrogens with two attached hydrogens (primary N) is 2. The Morgan fingerprint density at radius 3 is 2.93 bits per heavy atom. The molecule has 0 radical (unpaired) electrons. The molecule has 0 saturated carbocycles. The molecule has 1 aliphatic rings. The molecule has 0 spiro atoms. The van der Waals surface area contributed by atoms with Crippen LogP contribution in [0.25, 0.3) is 0 Å². The molecule has 0 bridgehead atoms. The van der Waals surface area contributed by atoms with Crippen molar-refractivity contribution in [3.8, 4) is 0 Å². The minimum absolute atomic E-state index is 0.223. The summed E-state index contributed by atoms with van der Waals surface area (Å²) >= 11 is 0. The predicted octanol–water partition coefficient (Wildman–Crippen LogP) is -1.60. The van der Waals surface area contributed by atoms with Gasteiger partial charge in [0.15, 0.2) is 0 Å². The largest absolute Gasteiger partial charge is 0.388 e. The molecule has 1 aliphatic heterocycles. The van der Waals surface area contributed by atoms with Gasteiger partial charge in [0.1, 0.15) is 6.10 Å². The molecule has 5 nitrogen and oxygen atoms in total. The highest BCUT2D eigenvalue weighted by molar-refractivity contribution is 5.85. The number of ether oxygens (including phenoxy) is 2. The van der Waals surface area contributed by atoms with Gasteiger partial charge in [-0.1, -0.05) is 0 Å². The first kappa shape index (κ1) is 12.0. The zero-order chi connectivity index (χ0) is 11.3. The first-order valence-electron chi connectivity index (χ1n) is 5.03. The summed E-state index contributed by atoms with van der Waals surface area (Å²) in [5.41, 5.74) is 5.05. The Balaban J connectivity index is 2.13. The van der Waals surface area contributed by atoms with Crippen molar-refractivity contribution < 1.29 is 14.9 Å². The number of amidine groups is 1. The average Bonchev–Trinajstić information content (AvgIpc) is 2.93. The molecule has 0 aromatic carbocycles. The molecule has 1 atom stereocenters. The molecule has 1 heterocycles. The van der Waals surface area contributed by atoms with Crippen molar-refractivity contribution in [1.29, 1.82) is 0 Å². The quantitative estimate of drug-likeness (QED) is 0.271. The van der Waals surface area contributed by atoms with Crippen molar-refractivity contribution in [3.05, 3.63) is 12.3 Å². The van der Waals surface area contributed by atoms with Crippen LogP contribution in [0.15, 0.2) is 12.3 Å². The van der Waals surface area contributed by atoms with Crippen molar-refractivity contribution in [2.45, 2.75) is 25.6 Å². The summed E-state index contributed by atoms with van der Waals surface area (Å²) in [6.45, 7) is 6.21. The lowest BCUT2D eigenvalue weighted by molar-refractivity contribution is -0.113. The molecule has 1 saturated heterocycles. The fourth-order valence-electron chi connectivity index (χ4n) is 0.994. The van der Waals surface area contributed by atoms with Gasteiger partial charge >= 0.3 is 0 Å². The second kappa shape index (κ2) is 5.14. The molecule has 15 heavy (non-hydrogen) atoms. The fraction of sp³-hybridized carbons (Fsp3) is 0.700. The van der Waals surface area contributed by atoms with E-state index in [1.807, 2.05) is 13.8 Å². The van der Waals surface area contributed by atoms with E-state index in [1.165, 1.54) is 0 Å². The van der Waals surface area contributed by atoms with E-state index in [0.29, 0.717) is 19.3 Å². The van der Waals surface area contributed by atoms with Crippen LogP contribution in [-0.2, 0) is 9.47 Å². The standard InChI is InChI=1S/C10H19N3O2/c1-10(2,15-6-8-5-14-8)7-13-4-3-9(11)12/h3-4,8,13H,5-7H2,1-2H3,(H3,11,12)/p+1/b4-3-/t8-/m1/s1. The lowest BCUT2D eigenvalue weighted by atomic mass is 10.1. The third-order valence-electron chi connectivity index (χ3n) is 1.98. The molecule has 5 heteroatoms. The maximum Gasteiger partial charge on any atom is 0.264 e. The van der Waals surface area contributed by atoms with Gasteiger partial charge in [-0.15, -0.1) is 0 Å². The topological polar surface area (TPSA) is 85.4 Å². The van der Waals surface area contributed by atoms with Crippen molar-refractivity contribution in [2.24, 2.45) is 5.73 Å². The van der Waals surface area contributed by atoms with Crippen LogP contribution in [0.2, 0.25) is 0 Å². The second-order valence-corrected chi connectivity index (χ2v) is 4.24. The zero-order valence-electron chi connectivity index (χ0n) is 9.32. The van der Waals surface area contributed by atoms with Gasteiger partial charge in [0.2, 0.25) is 0 Å². The SMILES string of the molecule is CC(C)(CN/C=C\C(N)=[NH2+])OC[C@H]1CO1. The summed E-state index contributed by atoms with van der Waals surface area (Å²) in [4.78, 5) is 0. The Morgan fingerprint density at radius 2 is 2.40 bits per heavy atom. The minimum Gasteiger partial charge on any atom is -0.388 e. The Kier molecular flexibility index (Phi) is 4.11. The van der Waals surface area contributed by atoms with E-state index >= 15 is 0 Å². The number of hydrogen-bond acceptors (Lipinski definition) is 3. The lowest BCUT2D eigenvalue weighted by Gasteiger charge is -2.24. The molecule has 86 valence electrons. The van der Waals surface area contributed by atoms with Crippen LogP contribution >= 0.6 is 0 Å². The van der Waals surface area contributed by atoms with E-state index in [9.17, 15) is 0 Å². The van der Waals surface area contributed by atoms with Crippen molar-refractivity contribution in [3.63, 3.8) is 0 Å². The molecule has 1 fully saturated rings. The van der Waals surface area contributed by atoms with E-state index in [2.05, 4.69) is 5.32 Å². The van der Waals surface area contributed by atoms with Crippen molar-refractivity contribution >= 4 is 5.84 Å². The van der Waals surface area contributed by atoms with E-state index in [0.717, 1.165) is 6.61 Å². The molecule has 1 rings (SSSR count). The summed E-state index contributed by atoms with van der Waals surface area (Å²) in [6, 6.07) is 0. The molecular weight excluding hydrogens is 194 g/mol. The number of rotatable bonds is 7. The maximum atomic E-state index is 5.67. The molecule has 0 aromatic rings. The molecule has 0 aliphatic carbocycles. The lowest BCUT2D eigenvalue weighted by Crippen LogP contribution is -2.44. The predicted molar refractivity (Wildman–Crippen MR) is 58.0 cm³/mol. The van der Waals surface area contributed by atoms with Crippen LogP contribution in [-0.4, -0.2) is 37.3 Å². The average molecular weight is 214 g/mol. The van der Waals surface area contributed by atoms with Crippen LogP contribution in [0.1, 0.15) is 13.8 Å². The van der Waals surface area contributed by atoms with Gasteiger partial charge in [-0.2, -0.15) is 0 Å².